The molecule has 0 aromatic carbocycles. The number of hydrogen-bond acceptors (Lipinski definition) is 12. The largest absolute Gasteiger partial charge is 0.222 e. The molecule has 0 saturated heterocycles. The van der Waals surface area contributed by atoms with E-state index in [0.29, 0.717) is 11.8 Å². The molecule has 8 aromatic rings. The van der Waals surface area contributed by atoms with Gasteiger partial charge in [-0.1, -0.05) is 306 Å². The average Bonchev–Trinajstić information content (AvgIpc) is 1.88. The summed E-state index contributed by atoms with van der Waals surface area (Å²) in [7, 11) is 0. The van der Waals surface area contributed by atoms with Crippen molar-refractivity contribution in [3.63, 3.8) is 0 Å². The van der Waals surface area contributed by atoms with Crippen LogP contribution in [-0.4, -0.2) is 19.9 Å². The lowest BCUT2D eigenvalue weighted by Gasteiger charge is -2.17. The van der Waals surface area contributed by atoms with Gasteiger partial charge in [0, 0.05) is 19.5 Å². The van der Waals surface area contributed by atoms with Crippen LogP contribution in [0.1, 0.15) is 293 Å². The van der Waals surface area contributed by atoms with Gasteiger partial charge in [0.15, 0.2) is 19.3 Å². The van der Waals surface area contributed by atoms with Crippen molar-refractivity contribution in [2.24, 2.45) is 23.7 Å². The first-order chi connectivity index (χ1) is 42.1. The molecule has 0 aliphatic rings. The fourth-order valence-electron chi connectivity index (χ4n) is 13.2. The van der Waals surface area contributed by atoms with Crippen LogP contribution in [0.4, 0.5) is 0 Å². The highest BCUT2D eigenvalue weighted by molar-refractivity contribution is 7.34. The Morgan fingerprint density at radius 1 is 0.279 bits per heavy atom. The third kappa shape index (κ3) is 20.4. The Morgan fingerprint density at radius 2 is 0.535 bits per heavy atom. The van der Waals surface area contributed by atoms with Crippen molar-refractivity contribution in [2.75, 3.05) is 0 Å². The minimum absolute atomic E-state index is 0.661. The Bertz CT molecular complexity index is 3100. The molecule has 0 saturated carbocycles. The zero-order chi connectivity index (χ0) is 60.6. The predicted octanol–water partition coefficient (Wildman–Crippen LogP) is 28.3. The maximum absolute atomic E-state index is 5.63. The summed E-state index contributed by atoms with van der Waals surface area (Å²) in [5.74, 6) is 2.83. The Balaban J connectivity index is 1.13. The fourth-order valence-corrected chi connectivity index (χ4v) is 22.3. The van der Waals surface area contributed by atoms with Crippen LogP contribution in [0.3, 0.4) is 0 Å². The van der Waals surface area contributed by atoms with Gasteiger partial charge >= 0.3 is 0 Å². The number of nitrogens with zero attached hydrogens (tertiary/aromatic N) is 4. The van der Waals surface area contributed by atoms with Crippen molar-refractivity contribution in [3.05, 3.63) is 56.3 Å². The zero-order valence-electron chi connectivity index (χ0n) is 55.1. The Labute approximate surface area is 554 Å². The zero-order valence-corrected chi connectivity index (χ0v) is 61.7. The van der Waals surface area contributed by atoms with Crippen LogP contribution in [-0.2, 0) is 25.7 Å². The summed E-state index contributed by atoms with van der Waals surface area (Å²) in [5, 5.41) is 4.68. The molecule has 12 heteroatoms. The van der Waals surface area contributed by atoms with Gasteiger partial charge in [0.05, 0.1) is 19.5 Å². The third-order valence-electron chi connectivity index (χ3n) is 18.4. The molecule has 4 unspecified atom stereocenters. The van der Waals surface area contributed by atoms with E-state index < -0.39 is 0 Å². The van der Waals surface area contributed by atoms with Gasteiger partial charge in [-0.2, -0.15) is 0 Å². The molecule has 8 rings (SSSR count). The van der Waals surface area contributed by atoms with Crippen molar-refractivity contribution in [1.29, 1.82) is 0 Å². The highest BCUT2D eigenvalue weighted by atomic mass is 32.1. The number of fused-ring (bicyclic) bond motifs is 2. The monoisotopic (exact) mass is 1310 g/mol. The van der Waals surface area contributed by atoms with E-state index in [4.69, 9.17) is 19.9 Å². The maximum atomic E-state index is 5.63. The molecular weight excluding hydrogens is 1200 g/mol. The molecule has 0 radical (unpaired) electrons. The van der Waals surface area contributed by atoms with E-state index in [0.717, 1.165) is 60.4 Å². The van der Waals surface area contributed by atoms with Gasteiger partial charge in [0.25, 0.3) is 0 Å². The van der Waals surface area contributed by atoms with Crippen molar-refractivity contribution in [2.45, 2.75) is 300 Å². The molecule has 0 amide bonds. The number of unbranched alkanes of at least 4 members (excludes halogenated alkanes) is 18. The first-order valence-electron chi connectivity index (χ1n) is 35.1. The van der Waals surface area contributed by atoms with Crippen LogP contribution in [0.5, 0.6) is 0 Å². The van der Waals surface area contributed by atoms with Gasteiger partial charge in [-0.3, -0.25) is 0 Å². The molecule has 0 aliphatic carbocycles. The molecule has 0 bridgehead atoms. The lowest BCUT2D eigenvalue weighted by atomic mass is 9.88. The van der Waals surface area contributed by atoms with Crippen LogP contribution in [0, 0.1) is 37.5 Å². The maximum Gasteiger partial charge on any atom is 0.155 e. The van der Waals surface area contributed by atoms with Crippen LogP contribution in [0.2, 0.25) is 0 Å². The lowest BCUT2D eigenvalue weighted by Crippen LogP contribution is -2.05. The summed E-state index contributed by atoms with van der Waals surface area (Å²) in [6.45, 7) is 23.4. The van der Waals surface area contributed by atoms with Crippen molar-refractivity contribution in [3.8, 4) is 49.3 Å². The first kappa shape index (κ1) is 69.7. The Hall–Kier alpha value is -2.16. The smallest absolute Gasteiger partial charge is 0.155 e. The van der Waals surface area contributed by atoms with E-state index in [-0.39, 0.29) is 0 Å². The topological polar surface area (TPSA) is 51.6 Å². The summed E-state index contributed by atoms with van der Waals surface area (Å²) in [6, 6.07) is 10.2. The number of thiophene rings is 4. The normalized spacial score (nSPS) is 13.6. The molecule has 0 N–H and O–H groups in total. The highest BCUT2D eigenvalue weighted by Crippen LogP contribution is 2.51. The summed E-state index contributed by atoms with van der Waals surface area (Å²) < 4.78 is 0. The molecule has 0 fully saturated rings. The van der Waals surface area contributed by atoms with E-state index >= 15 is 0 Å². The van der Waals surface area contributed by atoms with E-state index in [1.807, 2.05) is 90.7 Å². The first-order valence-corrected chi connectivity index (χ1v) is 41.6. The number of aromatic nitrogens is 4. The predicted molar refractivity (Wildman–Crippen MR) is 394 cm³/mol. The quantitative estimate of drug-likeness (QED) is 0.0357. The molecule has 4 nitrogen and oxygen atoms in total. The highest BCUT2D eigenvalue weighted by Gasteiger charge is 2.27. The minimum atomic E-state index is 0.661. The second-order valence-electron chi connectivity index (χ2n) is 25.8. The SMILES string of the molecule is CCCCCCCCC(CCCCCC)Cc1cc(C)sc1-c1nc2sc(-c3sc(-c4cc(CC(CC)CCCC)c(-c5nc6sc(-c7sc(C)cc7CC(CC)CCCC)nc6s5)s4)cc3CC(CCCCCC)CCCCCCCC)nc2s1. The van der Waals surface area contributed by atoms with E-state index in [9.17, 15) is 0 Å². The molecule has 0 spiro atoms. The van der Waals surface area contributed by atoms with E-state index in [1.54, 1.807) is 0 Å². The van der Waals surface area contributed by atoms with Gasteiger partial charge in [-0.15, -0.1) is 45.3 Å². The summed E-state index contributed by atoms with van der Waals surface area (Å²) in [5.41, 5.74) is 6.02. The third-order valence-corrected chi connectivity index (χ3v) is 27.8. The van der Waals surface area contributed by atoms with Crippen molar-refractivity contribution >= 4 is 110 Å². The Kier molecular flexibility index (Phi) is 30.3. The average molecular weight is 1310 g/mol. The van der Waals surface area contributed by atoms with Gasteiger partial charge in [0.2, 0.25) is 0 Å². The second kappa shape index (κ2) is 37.4. The molecule has 4 atom stereocenters. The fraction of sp³-hybridized carbons (Fsp3) is 0.676. The lowest BCUT2D eigenvalue weighted by molar-refractivity contribution is 0.403. The Morgan fingerprint density at radius 3 is 0.849 bits per heavy atom. The second-order valence-corrected chi connectivity index (χ2v) is 34.4. The number of aryl methyl sites for hydroxylation is 2. The molecule has 8 aromatic heterocycles. The molecule has 474 valence electrons. The van der Waals surface area contributed by atoms with Gasteiger partial charge in [-0.05, 0) is 110 Å². The van der Waals surface area contributed by atoms with Gasteiger partial charge in [0.1, 0.15) is 20.0 Å². The molecule has 0 aliphatic heterocycles. The van der Waals surface area contributed by atoms with Crippen molar-refractivity contribution in [1.82, 2.24) is 19.9 Å². The minimum Gasteiger partial charge on any atom is -0.222 e. The van der Waals surface area contributed by atoms with E-state index in [2.05, 4.69) is 93.5 Å². The van der Waals surface area contributed by atoms with E-state index in [1.165, 1.54) is 283 Å². The number of rotatable bonds is 45. The summed E-state index contributed by atoms with van der Waals surface area (Å²) in [6.07, 6.45) is 47.2. The van der Waals surface area contributed by atoms with Crippen LogP contribution in [0.15, 0.2) is 24.3 Å². The molecule has 86 heavy (non-hydrogen) atoms. The van der Waals surface area contributed by atoms with Crippen LogP contribution < -0.4 is 0 Å². The molecule has 8 heterocycles. The van der Waals surface area contributed by atoms with Crippen LogP contribution >= 0.6 is 90.7 Å². The number of hydrogen-bond donors (Lipinski definition) is 0. The summed E-state index contributed by atoms with van der Waals surface area (Å²) >= 11 is 15.3. The standard InChI is InChI=1S/C74H110N4S8/c1-11-19-25-29-31-35-41-55(39-33-27-21-13-3)47-58-44-52(10)80-64(58)68-76-72-74(84-68)78-70(86-72)66-60(48-56(40-34-28-22-14-4)42-36-32-30-26-20-12-2)50-62(82-66)61-49-59(46-54(18-8)38-24-16-6)65(81-61)69-77-73-71(85-69)75-67(83-73)63-57(43-51(9)79-63)45-53(17-7)37-23-15-5/h43-44,49-50,53-56H,11-42,45-48H2,1-10H3. The van der Waals surface area contributed by atoms with Gasteiger partial charge in [-0.25, -0.2) is 19.9 Å². The van der Waals surface area contributed by atoms with Gasteiger partial charge < -0.3 is 0 Å². The molecular formula is C74H110N4S8. The summed E-state index contributed by atoms with van der Waals surface area (Å²) in [4.78, 5) is 37.7. The van der Waals surface area contributed by atoms with Crippen LogP contribution in [0.25, 0.3) is 68.6 Å². The van der Waals surface area contributed by atoms with Crippen molar-refractivity contribution < 1.29 is 0 Å². The number of thiazole rings is 4.